The van der Waals surface area contributed by atoms with Crippen LogP contribution in [0, 0.1) is 6.92 Å². The maximum Gasteiger partial charge on any atom is 0.0561 e. The number of nitrogens with one attached hydrogen (secondary N) is 1. The average molecular weight is 210 g/mol. The molecular weight excluding hydrogens is 196 g/mol. The predicted molar refractivity (Wildman–Crippen MR) is 68.8 cm³/mol. The summed E-state index contributed by atoms with van der Waals surface area (Å²) < 4.78 is 0. The van der Waals surface area contributed by atoms with E-state index in [-0.39, 0.29) is 0 Å². The third-order valence-electron chi connectivity index (χ3n) is 2.36. The van der Waals surface area contributed by atoms with Gasteiger partial charge in [0, 0.05) is 0 Å². The molecule has 0 amide bonds. The molecule has 0 spiro atoms. The van der Waals surface area contributed by atoms with Crippen LogP contribution in [0.3, 0.4) is 0 Å². The SMILES string of the molecule is Cc1ccccc1C=NNc1ccccc1. The molecule has 0 saturated carbocycles. The highest BCUT2D eigenvalue weighted by atomic mass is 15.3. The van der Waals surface area contributed by atoms with Crippen LogP contribution in [0.1, 0.15) is 11.1 Å². The zero-order chi connectivity index (χ0) is 11.2. The second-order valence-corrected chi connectivity index (χ2v) is 3.59. The van der Waals surface area contributed by atoms with Crippen molar-refractivity contribution in [3.63, 3.8) is 0 Å². The number of anilines is 1. The number of hydrogen-bond acceptors (Lipinski definition) is 2. The molecule has 2 heteroatoms. The molecule has 2 rings (SSSR count). The van der Waals surface area contributed by atoms with E-state index in [2.05, 4.69) is 23.5 Å². The van der Waals surface area contributed by atoms with E-state index in [0.717, 1.165) is 11.3 Å². The molecule has 2 nitrogen and oxygen atoms in total. The second-order valence-electron chi connectivity index (χ2n) is 3.59. The Labute approximate surface area is 95.6 Å². The Bertz CT molecular complexity index is 475. The Kier molecular flexibility index (Phi) is 3.34. The molecular formula is C14H14N2. The normalized spacial score (nSPS) is 10.6. The summed E-state index contributed by atoms with van der Waals surface area (Å²) in [5.74, 6) is 0. The van der Waals surface area contributed by atoms with Crippen molar-refractivity contribution in [2.45, 2.75) is 6.92 Å². The van der Waals surface area contributed by atoms with Gasteiger partial charge in [-0.3, -0.25) is 5.43 Å². The summed E-state index contributed by atoms with van der Waals surface area (Å²) in [7, 11) is 0. The topological polar surface area (TPSA) is 24.4 Å². The third-order valence-corrected chi connectivity index (χ3v) is 2.36. The molecule has 16 heavy (non-hydrogen) atoms. The Morgan fingerprint density at radius 2 is 1.62 bits per heavy atom. The zero-order valence-corrected chi connectivity index (χ0v) is 9.22. The number of rotatable bonds is 3. The molecule has 0 unspecified atom stereocenters. The number of hydrogen-bond donors (Lipinski definition) is 1. The summed E-state index contributed by atoms with van der Waals surface area (Å²) in [6.07, 6.45) is 1.84. The third kappa shape index (κ3) is 2.70. The Hall–Kier alpha value is -2.09. The summed E-state index contributed by atoms with van der Waals surface area (Å²) in [4.78, 5) is 0. The lowest BCUT2D eigenvalue weighted by atomic mass is 10.1. The van der Waals surface area contributed by atoms with E-state index in [1.807, 2.05) is 54.7 Å². The van der Waals surface area contributed by atoms with Crippen LogP contribution >= 0.6 is 0 Å². The van der Waals surface area contributed by atoms with Crippen molar-refractivity contribution >= 4 is 11.9 Å². The van der Waals surface area contributed by atoms with Crippen LogP contribution in [0.4, 0.5) is 5.69 Å². The van der Waals surface area contributed by atoms with Crippen molar-refractivity contribution < 1.29 is 0 Å². The van der Waals surface area contributed by atoms with E-state index in [1.54, 1.807) is 0 Å². The first-order valence-electron chi connectivity index (χ1n) is 5.26. The van der Waals surface area contributed by atoms with Crippen molar-refractivity contribution in [3.05, 3.63) is 65.7 Å². The van der Waals surface area contributed by atoms with Gasteiger partial charge >= 0.3 is 0 Å². The predicted octanol–water partition coefficient (Wildman–Crippen LogP) is 3.44. The standard InChI is InChI=1S/C14H14N2/c1-12-7-5-6-8-13(12)11-15-16-14-9-3-2-4-10-14/h2-11,16H,1H3. The van der Waals surface area contributed by atoms with E-state index in [0.29, 0.717) is 0 Å². The lowest BCUT2D eigenvalue weighted by Gasteiger charge is -2.00. The summed E-state index contributed by atoms with van der Waals surface area (Å²) in [5.41, 5.74) is 6.34. The molecule has 0 radical (unpaired) electrons. The fourth-order valence-corrected chi connectivity index (χ4v) is 1.42. The van der Waals surface area contributed by atoms with Crippen molar-refractivity contribution in [2.75, 3.05) is 5.43 Å². The number of nitrogens with zero attached hydrogens (tertiary/aromatic N) is 1. The largest absolute Gasteiger partial charge is 0.279 e. The van der Waals surface area contributed by atoms with E-state index in [1.165, 1.54) is 5.56 Å². The maximum absolute atomic E-state index is 4.20. The molecule has 0 aliphatic carbocycles. The van der Waals surface area contributed by atoms with Crippen LogP contribution in [0.5, 0.6) is 0 Å². The quantitative estimate of drug-likeness (QED) is 0.609. The number of aryl methyl sites for hydroxylation is 1. The van der Waals surface area contributed by atoms with E-state index >= 15 is 0 Å². The van der Waals surface area contributed by atoms with Crippen LogP contribution in [-0.4, -0.2) is 6.21 Å². The van der Waals surface area contributed by atoms with Gasteiger partial charge in [-0.25, -0.2) is 0 Å². The minimum atomic E-state index is 0.993. The summed E-state index contributed by atoms with van der Waals surface area (Å²) in [5, 5.41) is 4.20. The molecule has 1 N–H and O–H groups in total. The lowest BCUT2D eigenvalue weighted by molar-refractivity contribution is 1.34. The first kappa shape index (κ1) is 10.4. The van der Waals surface area contributed by atoms with Crippen molar-refractivity contribution in [1.29, 1.82) is 0 Å². The van der Waals surface area contributed by atoms with Crippen LogP contribution in [0.25, 0.3) is 0 Å². The van der Waals surface area contributed by atoms with Crippen LogP contribution in [-0.2, 0) is 0 Å². The van der Waals surface area contributed by atoms with Gasteiger partial charge < -0.3 is 0 Å². The van der Waals surface area contributed by atoms with E-state index < -0.39 is 0 Å². The number of para-hydroxylation sites is 1. The van der Waals surface area contributed by atoms with E-state index in [4.69, 9.17) is 0 Å². The molecule has 2 aromatic carbocycles. The van der Waals surface area contributed by atoms with Gasteiger partial charge in [0.25, 0.3) is 0 Å². The highest BCUT2D eigenvalue weighted by Crippen LogP contribution is 2.06. The van der Waals surface area contributed by atoms with Gasteiger partial charge in [-0.15, -0.1) is 0 Å². The molecule has 0 aliphatic rings. The highest BCUT2D eigenvalue weighted by Gasteiger charge is 1.91. The number of benzene rings is 2. The number of hydrazone groups is 1. The smallest absolute Gasteiger partial charge is 0.0561 e. The van der Waals surface area contributed by atoms with Crippen LogP contribution < -0.4 is 5.43 Å². The Morgan fingerprint density at radius 1 is 0.938 bits per heavy atom. The first-order valence-corrected chi connectivity index (χ1v) is 5.26. The van der Waals surface area contributed by atoms with Crippen molar-refractivity contribution in [1.82, 2.24) is 0 Å². The molecule has 0 aromatic heterocycles. The van der Waals surface area contributed by atoms with Gasteiger partial charge in [-0.1, -0.05) is 42.5 Å². The van der Waals surface area contributed by atoms with Gasteiger partial charge in [0.2, 0.25) is 0 Å². The fourth-order valence-electron chi connectivity index (χ4n) is 1.42. The van der Waals surface area contributed by atoms with Gasteiger partial charge in [-0.2, -0.15) is 5.10 Å². The molecule has 2 aromatic rings. The highest BCUT2D eigenvalue weighted by molar-refractivity contribution is 5.82. The molecule has 0 aliphatic heterocycles. The van der Waals surface area contributed by atoms with E-state index in [9.17, 15) is 0 Å². The summed E-state index contributed by atoms with van der Waals surface area (Å²) >= 11 is 0. The van der Waals surface area contributed by atoms with Gasteiger partial charge in [0.15, 0.2) is 0 Å². The Morgan fingerprint density at radius 3 is 2.38 bits per heavy atom. The molecule has 0 atom stereocenters. The first-order chi connectivity index (χ1) is 7.86. The van der Waals surface area contributed by atoms with Gasteiger partial charge in [-0.05, 0) is 30.2 Å². The van der Waals surface area contributed by atoms with Gasteiger partial charge in [0.1, 0.15) is 0 Å². The fraction of sp³-hybridized carbons (Fsp3) is 0.0714. The molecule has 80 valence electrons. The van der Waals surface area contributed by atoms with Crippen molar-refractivity contribution in [2.24, 2.45) is 5.10 Å². The van der Waals surface area contributed by atoms with Crippen LogP contribution in [0.2, 0.25) is 0 Å². The van der Waals surface area contributed by atoms with Crippen molar-refractivity contribution in [3.8, 4) is 0 Å². The second kappa shape index (κ2) is 5.12. The van der Waals surface area contributed by atoms with Crippen LogP contribution in [0.15, 0.2) is 59.7 Å². The molecule has 0 saturated heterocycles. The lowest BCUT2D eigenvalue weighted by Crippen LogP contribution is -1.91. The molecule has 0 bridgehead atoms. The zero-order valence-electron chi connectivity index (χ0n) is 9.22. The van der Waals surface area contributed by atoms with Gasteiger partial charge in [0.05, 0.1) is 11.9 Å². The molecule has 0 heterocycles. The Balaban J connectivity index is 2.03. The summed E-state index contributed by atoms with van der Waals surface area (Å²) in [6.45, 7) is 2.07. The maximum atomic E-state index is 4.20. The minimum absolute atomic E-state index is 0.993. The average Bonchev–Trinajstić information content (AvgIpc) is 2.33. The monoisotopic (exact) mass is 210 g/mol. The summed E-state index contributed by atoms with van der Waals surface area (Å²) in [6, 6.07) is 18.1. The minimum Gasteiger partial charge on any atom is -0.279 e. The molecule has 0 fully saturated rings.